The largest absolute Gasteiger partial charge is 0.490 e. The van der Waals surface area contributed by atoms with Crippen LogP contribution in [0.25, 0.3) is 0 Å². The molecule has 9 nitrogen and oxygen atoms in total. The third-order valence-electron chi connectivity index (χ3n) is 7.58. The summed E-state index contributed by atoms with van der Waals surface area (Å²) in [6.07, 6.45) is -3.48. The quantitative estimate of drug-likeness (QED) is 0.340. The van der Waals surface area contributed by atoms with Gasteiger partial charge in [-0.15, -0.1) is 0 Å². The summed E-state index contributed by atoms with van der Waals surface area (Å²) in [5.74, 6) is -1.26. The predicted octanol–water partition coefficient (Wildman–Crippen LogP) is 3.71. The minimum Gasteiger partial charge on any atom is -0.490 e. The van der Waals surface area contributed by atoms with Gasteiger partial charge in [-0.2, -0.15) is 13.2 Å². The van der Waals surface area contributed by atoms with E-state index in [4.69, 9.17) is 4.74 Å². The van der Waals surface area contributed by atoms with E-state index in [1.165, 1.54) is 9.80 Å². The maximum atomic E-state index is 14.4. The van der Waals surface area contributed by atoms with Crippen LogP contribution < -0.4 is 9.64 Å². The maximum absolute atomic E-state index is 14.4. The first-order chi connectivity index (χ1) is 17.6. The fraction of sp³-hybridized carbons (Fsp3) is 0.440. The highest BCUT2D eigenvalue weighted by Crippen LogP contribution is 2.49. The Balaban J connectivity index is 1.37. The molecule has 2 atom stereocenters. The molecular weight excluding hydrogens is 493 g/mol. The molecule has 1 saturated carbocycles. The van der Waals surface area contributed by atoms with Crippen molar-refractivity contribution < 1.29 is 32.4 Å². The smallest absolute Gasteiger partial charge is 0.422 e. The van der Waals surface area contributed by atoms with Gasteiger partial charge in [0.15, 0.2) is 0 Å². The van der Waals surface area contributed by atoms with Gasteiger partial charge in [-0.25, -0.2) is 0 Å². The van der Waals surface area contributed by atoms with E-state index in [-0.39, 0.29) is 19.2 Å². The molecule has 3 fully saturated rings. The average Bonchev–Trinajstić information content (AvgIpc) is 3.53. The van der Waals surface area contributed by atoms with Gasteiger partial charge >= 0.3 is 6.18 Å². The number of halogens is 3. The van der Waals surface area contributed by atoms with Crippen molar-refractivity contribution in [3.63, 3.8) is 0 Å². The van der Waals surface area contributed by atoms with E-state index in [1.54, 1.807) is 24.3 Å². The molecule has 37 heavy (non-hydrogen) atoms. The Morgan fingerprint density at radius 3 is 2.19 bits per heavy atom. The zero-order chi connectivity index (χ0) is 26.1. The highest BCUT2D eigenvalue weighted by Gasteiger charge is 2.50. The highest BCUT2D eigenvalue weighted by atomic mass is 19.4. The summed E-state index contributed by atoms with van der Waals surface area (Å²) < 4.78 is 48.7. The summed E-state index contributed by atoms with van der Waals surface area (Å²) in [6, 6.07) is 7.57. The number of amides is 2. The summed E-state index contributed by atoms with van der Waals surface area (Å²) in [6.45, 7) is 1.03. The molecule has 6 rings (SSSR count). The third kappa shape index (κ3) is 3.90. The topological polar surface area (TPSA) is 96.2 Å². The molecule has 2 aromatic rings. The number of carbonyl (C=O) groups excluding carboxylic acids is 2. The van der Waals surface area contributed by atoms with Crippen LogP contribution in [0, 0.1) is 10.1 Å². The van der Waals surface area contributed by atoms with Crippen LogP contribution in [0.3, 0.4) is 0 Å². The highest BCUT2D eigenvalue weighted by molar-refractivity contribution is 6.21. The van der Waals surface area contributed by atoms with E-state index in [9.17, 15) is 32.9 Å². The molecule has 2 saturated heterocycles. The van der Waals surface area contributed by atoms with Gasteiger partial charge in [0.05, 0.1) is 28.2 Å². The van der Waals surface area contributed by atoms with Crippen molar-refractivity contribution in [2.75, 3.05) is 31.1 Å². The molecule has 0 aromatic heterocycles. The average molecular weight is 516 g/mol. The number of hydrogen-bond donors (Lipinski definition) is 0. The second-order valence-electron chi connectivity index (χ2n) is 9.81. The fourth-order valence-electron chi connectivity index (χ4n) is 5.76. The van der Waals surface area contributed by atoms with Crippen molar-refractivity contribution >= 4 is 23.2 Å². The predicted molar refractivity (Wildman–Crippen MR) is 125 cm³/mol. The number of rotatable bonds is 5. The molecule has 0 spiro atoms. The lowest BCUT2D eigenvalue weighted by Crippen LogP contribution is -2.57. The molecule has 3 aliphatic heterocycles. The molecule has 12 heteroatoms. The molecule has 0 radical (unpaired) electrons. The van der Waals surface area contributed by atoms with Gasteiger partial charge in [-0.1, -0.05) is 12.1 Å². The number of nitro groups is 1. The van der Waals surface area contributed by atoms with Gasteiger partial charge in [0.25, 0.3) is 17.5 Å². The minimum atomic E-state index is -4.89. The van der Waals surface area contributed by atoms with Crippen LogP contribution in [0.5, 0.6) is 5.75 Å². The lowest BCUT2D eigenvalue weighted by Gasteiger charge is -2.42. The van der Waals surface area contributed by atoms with Crippen LogP contribution in [-0.4, -0.2) is 70.9 Å². The number of hydrogen-bond acceptors (Lipinski definition) is 7. The standard InChI is InChI=1S/C25H23F3N4O5/c26-25(27,28)21-20(37-14-5-6-14)8-7-18(32(35)36)22(21)30-12-11-29-10-9-17(19(29)13-30)31-23(33)15-3-1-2-4-16(15)24(31)34/h1-4,7-8,14,17,19H,5-6,9-13H2/t17-,19+/m1/s1. The SMILES string of the molecule is O=C1c2ccccc2C(=O)N1[C@@H]1CCN2CCN(c3c([N+](=O)[O-])ccc(OC4CC4)c3C(F)(F)F)C[C@@H]12. The summed E-state index contributed by atoms with van der Waals surface area (Å²) in [7, 11) is 0. The van der Waals surface area contributed by atoms with E-state index in [0.29, 0.717) is 43.5 Å². The molecule has 2 aromatic carbocycles. The Morgan fingerprint density at radius 2 is 1.59 bits per heavy atom. The summed E-state index contributed by atoms with van der Waals surface area (Å²) in [5.41, 5.74) is -1.73. The van der Waals surface area contributed by atoms with Gasteiger partial charge in [0.2, 0.25) is 0 Å². The van der Waals surface area contributed by atoms with Crippen molar-refractivity contribution in [3.8, 4) is 5.75 Å². The number of anilines is 1. The van der Waals surface area contributed by atoms with Gasteiger partial charge in [-0.05, 0) is 37.5 Å². The Labute approximate surface area is 209 Å². The molecule has 0 N–H and O–H groups in total. The molecule has 2 amide bonds. The zero-order valence-electron chi connectivity index (χ0n) is 19.6. The summed E-state index contributed by atoms with van der Waals surface area (Å²) >= 11 is 0. The van der Waals surface area contributed by atoms with E-state index >= 15 is 0 Å². The zero-order valence-corrected chi connectivity index (χ0v) is 19.6. The molecule has 1 aliphatic carbocycles. The van der Waals surface area contributed by atoms with Crippen molar-refractivity contribution in [2.24, 2.45) is 0 Å². The van der Waals surface area contributed by atoms with E-state index in [2.05, 4.69) is 0 Å². The van der Waals surface area contributed by atoms with Crippen LogP contribution in [0.1, 0.15) is 45.5 Å². The summed E-state index contributed by atoms with van der Waals surface area (Å²) in [4.78, 5) is 41.9. The van der Waals surface area contributed by atoms with Crippen molar-refractivity contribution in [1.82, 2.24) is 9.80 Å². The third-order valence-corrected chi connectivity index (χ3v) is 7.58. The first-order valence-electron chi connectivity index (χ1n) is 12.2. The molecular formula is C25H23F3N4O5. The Bertz CT molecular complexity index is 1280. The Kier molecular flexibility index (Phi) is 5.41. The van der Waals surface area contributed by atoms with Gasteiger partial charge in [0, 0.05) is 38.3 Å². The van der Waals surface area contributed by atoms with Crippen molar-refractivity contribution in [1.29, 1.82) is 0 Å². The number of ether oxygens (including phenoxy) is 1. The van der Waals surface area contributed by atoms with Crippen LogP contribution in [0.15, 0.2) is 36.4 Å². The van der Waals surface area contributed by atoms with E-state index < -0.39 is 57.7 Å². The van der Waals surface area contributed by atoms with Crippen LogP contribution in [0.4, 0.5) is 24.5 Å². The molecule has 3 heterocycles. The number of fused-ring (bicyclic) bond motifs is 2. The number of carbonyl (C=O) groups is 2. The Hall–Kier alpha value is -3.67. The number of alkyl halides is 3. The van der Waals surface area contributed by atoms with Gasteiger partial charge in [-0.3, -0.25) is 29.5 Å². The Morgan fingerprint density at radius 1 is 0.919 bits per heavy atom. The van der Waals surface area contributed by atoms with Crippen LogP contribution in [-0.2, 0) is 6.18 Å². The molecule has 0 bridgehead atoms. The van der Waals surface area contributed by atoms with Gasteiger partial charge in [0.1, 0.15) is 17.0 Å². The lowest BCUT2D eigenvalue weighted by atomic mass is 10.0. The minimum absolute atomic E-state index is 0.00509. The van der Waals surface area contributed by atoms with Crippen molar-refractivity contribution in [2.45, 2.75) is 43.6 Å². The number of piperazine rings is 1. The van der Waals surface area contributed by atoms with Crippen LogP contribution >= 0.6 is 0 Å². The van der Waals surface area contributed by atoms with Crippen molar-refractivity contribution in [3.05, 3.63) is 63.2 Å². The second kappa shape index (κ2) is 8.44. The molecule has 4 aliphatic rings. The van der Waals surface area contributed by atoms with Crippen LogP contribution in [0.2, 0.25) is 0 Å². The number of benzene rings is 2. The summed E-state index contributed by atoms with van der Waals surface area (Å²) in [5, 5.41) is 11.9. The van der Waals surface area contributed by atoms with Gasteiger partial charge < -0.3 is 9.64 Å². The molecule has 194 valence electrons. The fourth-order valence-corrected chi connectivity index (χ4v) is 5.76. The van der Waals surface area contributed by atoms with E-state index in [1.807, 2.05) is 4.90 Å². The molecule has 0 unspecified atom stereocenters. The first-order valence-corrected chi connectivity index (χ1v) is 12.2. The number of imide groups is 1. The normalized spacial score (nSPS) is 23.9. The lowest BCUT2D eigenvalue weighted by molar-refractivity contribution is -0.384. The maximum Gasteiger partial charge on any atom is 0.422 e. The number of nitrogens with zero attached hydrogens (tertiary/aromatic N) is 4. The second-order valence-corrected chi connectivity index (χ2v) is 9.81. The number of nitro benzene ring substituents is 1. The first kappa shape index (κ1) is 23.7. The monoisotopic (exact) mass is 516 g/mol. The van der Waals surface area contributed by atoms with E-state index in [0.717, 1.165) is 12.1 Å².